The Labute approximate surface area is 73.8 Å². The monoisotopic (exact) mass is 225 g/mol. The predicted octanol–water partition coefficient (Wildman–Crippen LogP) is 2.81. The van der Waals surface area contributed by atoms with Gasteiger partial charge in [0.15, 0.2) is 0 Å². The molecule has 0 unspecified atom stereocenters. The normalized spacial score (nSPS) is 15.1. The first-order valence-electron chi connectivity index (χ1n) is 3.14. The van der Waals surface area contributed by atoms with Crippen LogP contribution in [0.1, 0.15) is 0 Å². The molecule has 0 aliphatic heterocycles. The van der Waals surface area contributed by atoms with Gasteiger partial charge in [-0.1, -0.05) is 6.08 Å². The summed E-state index contributed by atoms with van der Waals surface area (Å²) in [4.78, 5) is 0. The minimum absolute atomic E-state index is 0.000347. The van der Waals surface area contributed by atoms with Crippen molar-refractivity contribution in [1.82, 2.24) is 0 Å². The molecule has 14 heavy (non-hydrogen) atoms. The van der Waals surface area contributed by atoms with Gasteiger partial charge in [-0.2, -0.15) is 30.7 Å². The van der Waals surface area contributed by atoms with Crippen molar-refractivity contribution in [2.24, 2.45) is 0 Å². The maximum atomic E-state index is 12.2. The van der Waals surface area contributed by atoms with Gasteiger partial charge in [0.05, 0.1) is 0 Å². The van der Waals surface area contributed by atoms with Gasteiger partial charge in [-0.25, -0.2) is 5.11 Å². The van der Waals surface area contributed by atoms with Crippen LogP contribution in [-0.2, 0) is 5.11 Å². The SMILES string of the molecule is [O]CC=CC(F)(F)C(F)(F)C(F)(F)F. The van der Waals surface area contributed by atoms with E-state index < -0.39 is 30.7 Å². The smallest absolute Gasteiger partial charge is 0.232 e. The summed E-state index contributed by atoms with van der Waals surface area (Å²) < 4.78 is 82.6. The first-order chi connectivity index (χ1) is 6.06. The van der Waals surface area contributed by atoms with E-state index in [-0.39, 0.29) is 6.08 Å². The quantitative estimate of drug-likeness (QED) is 0.520. The van der Waals surface area contributed by atoms with Crippen LogP contribution in [0.25, 0.3) is 0 Å². The summed E-state index contributed by atoms with van der Waals surface area (Å²) >= 11 is 0. The lowest BCUT2D eigenvalue weighted by molar-refractivity contribution is -0.341. The van der Waals surface area contributed by atoms with E-state index in [4.69, 9.17) is 0 Å². The van der Waals surface area contributed by atoms with E-state index in [0.717, 1.165) is 0 Å². The van der Waals surface area contributed by atoms with E-state index in [2.05, 4.69) is 0 Å². The van der Waals surface area contributed by atoms with Gasteiger partial charge in [0.25, 0.3) is 0 Å². The highest BCUT2D eigenvalue weighted by Gasteiger charge is 2.71. The Morgan fingerprint density at radius 2 is 1.36 bits per heavy atom. The van der Waals surface area contributed by atoms with Gasteiger partial charge in [-0.3, -0.25) is 0 Å². The minimum Gasteiger partial charge on any atom is -0.232 e. The van der Waals surface area contributed by atoms with Gasteiger partial charge < -0.3 is 0 Å². The third-order valence-corrected chi connectivity index (χ3v) is 1.20. The molecular formula is C6H4F7O. The third-order valence-electron chi connectivity index (χ3n) is 1.20. The van der Waals surface area contributed by atoms with Crippen molar-refractivity contribution in [2.75, 3.05) is 6.61 Å². The second-order valence-electron chi connectivity index (χ2n) is 2.26. The van der Waals surface area contributed by atoms with Crippen LogP contribution in [0, 0.1) is 0 Å². The molecule has 0 N–H and O–H groups in total. The fourth-order valence-electron chi connectivity index (χ4n) is 0.490. The summed E-state index contributed by atoms with van der Waals surface area (Å²) in [6, 6.07) is 0. The number of allylic oxidation sites excluding steroid dienone is 1. The summed E-state index contributed by atoms with van der Waals surface area (Å²) in [6.45, 7) is -1.30. The van der Waals surface area contributed by atoms with Crippen molar-refractivity contribution in [2.45, 2.75) is 18.0 Å². The molecule has 0 fully saturated rings. The Bertz CT molecular complexity index is 217. The van der Waals surface area contributed by atoms with E-state index in [1.165, 1.54) is 0 Å². The average molecular weight is 225 g/mol. The van der Waals surface area contributed by atoms with Crippen molar-refractivity contribution in [3.8, 4) is 0 Å². The molecule has 0 aliphatic carbocycles. The summed E-state index contributed by atoms with van der Waals surface area (Å²) in [6.07, 6.45) is -7.10. The summed E-state index contributed by atoms with van der Waals surface area (Å²) in [5.74, 6) is -11.6. The molecule has 0 atom stereocenters. The fraction of sp³-hybridized carbons (Fsp3) is 0.667. The Morgan fingerprint density at radius 3 is 1.64 bits per heavy atom. The molecule has 0 rings (SSSR count). The van der Waals surface area contributed by atoms with Crippen molar-refractivity contribution in [3.63, 3.8) is 0 Å². The lowest BCUT2D eigenvalue weighted by Crippen LogP contribution is -2.50. The molecule has 0 heterocycles. The maximum absolute atomic E-state index is 12.2. The molecule has 8 heteroatoms. The lowest BCUT2D eigenvalue weighted by atomic mass is 10.1. The Morgan fingerprint density at radius 1 is 0.929 bits per heavy atom. The van der Waals surface area contributed by atoms with Crippen LogP contribution in [0.15, 0.2) is 12.2 Å². The molecule has 0 bridgehead atoms. The van der Waals surface area contributed by atoms with Gasteiger partial charge >= 0.3 is 18.0 Å². The van der Waals surface area contributed by atoms with Crippen molar-refractivity contribution in [3.05, 3.63) is 12.2 Å². The molecule has 83 valence electrons. The van der Waals surface area contributed by atoms with E-state index in [0.29, 0.717) is 0 Å². The van der Waals surface area contributed by atoms with E-state index >= 15 is 0 Å². The standard InChI is InChI=1S/C6H4F7O/c7-4(8,2-1-3-14)5(9,10)6(11,12)13/h1-2H,3H2. The van der Waals surface area contributed by atoms with Gasteiger partial charge in [-0.15, -0.1) is 0 Å². The van der Waals surface area contributed by atoms with Crippen LogP contribution >= 0.6 is 0 Å². The highest BCUT2D eigenvalue weighted by Crippen LogP contribution is 2.46. The van der Waals surface area contributed by atoms with Crippen molar-refractivity contribution < 1.29 is 35.8 Å². The molecule has 0 saturated heterocycles. The molecule has 0 aromatic carbocycles. The van der Waals surface area contributed by atoms with Crippen molar-refractivity contribution in [1.29, 1.82) is 0 Å². The van der Waals surface area contributed by atoms with Crippen LogP contribution in [0.5, 0.6) is 0 Å². The molecule has 1 radical (unpaired) electrons. The predicted molar refractivity (Wildman–Crippen MR) is 30.6 cm³/mol. The van der Waals surface area contributed by atoms with Crippen LogP contribution in [0.3, 0.4) is 0 Å². The second kappa shape index (κ2) is 3.76. The molecule has 0 aliphatic rings. The first-order valence-corrected chi connectivity index (χ1v) is 3.14. The molecule has 0 aromatic heterocycles. The third kappa shape index (κ3) is 2.37. The summed E-state index contributed by atoms with van der Waals surface area (Å²) in [5, 5.41) is 9.61. The van der Waals surface area contributed by atoms with E-state index in [1.807, 2.05) is 0 Å². The largest absolute Gasteiger partial charge is 0.460 e. The average Bonchev–Trinajstić information content (AvgIpc) is 1.98. The highest BCUT2D eigenvalue weighted by atomic mass is 19.4. The van der Waals surface area contributed by atoms with E-state index in [9.17, 15) is 35.8 Å². The molecule has 1 nitrogen and oxygen atoms in total. The van der Waals surface area contributed by atoms with Gasteiger partial charge in [-0.05, 0) is 6.08 Å². The van der Waals surface area contributed by atoms with Gasteiger partial charge in [0, 0.05) is 0 Å². The molecule has 0 amide bonds. The zero-order valence-electron chi connectivity index (χ0n) is 6.42. The molecular weight excluding hydrogens is 221 g/mol. The Balaban J connectivity index is 4.97. The second-order valence-corrected chi connectivity index (χ2v) is 2.26. The highest BCUT2D eigenvalue weighted by molar-refractivity contribution is 5.05. The van der Waals surface area contributed by atoms with Crippen LogP contribution in [0.4, 0.5) is 30.7 Å². The fourth-order valence-corrected chi connectivity index (χ4v) is 0.490. The zero-order valence-corrected chi connectivity index (χ0v) is 6.42. The lowest BCUT2D eigenvalue weighted by Gasteiger charge is -2.25. The van der Waals surface area contributed by atoms with Gasteiger partial charge in [0.2, 0.25) is 0 Å². The number of hydrogen-bond donors (Lipinski definition) is 0. The first kappa shape index (κ1) is 13.2. The van der Waals surface area contributed by atoms with Crippen LogP contribution in [-0.4, -0.2) is 24.6 Å². The van der Waals surface area contributed by atoms with Crippen LogP contribution in [0.2, 0.25) is 0 Å². The number of rotatable bonds is 3. The van der Waals surface area contributed by atoms with Crippen LogP contribution < -0.4 is 0 Å². The maximum Gasteiger partial charge on any atom is 0.460 e. The topological polar surface area (TPSA) is 19.9 Å². The number of hydrogen-bond acceptors (Lipinski definition) is 0. The van der Waals surface area contributed by atoms with Crippen molar-refractivity contribution >= 4 is 0 Å². The summed E-state index contributed by atoms with van der Waals surface area (Å²) in [7, 11) is 0. The Kier molecular flexibility index (Phi) is 3.54. The number of alkyl halides is 7. The summed E-state index contributed by atoms with van der Waals surface area (Å²) in [5.41, 5.74) is 0. The molecule has 0 saturated carbocycles. The van der Waals surface area contributed by atoms with Gasteiger partial charge in [0.1, 0.15) is 6.61 Å². The minimum atomic E-state index is -6.36. The number of halogens is 7. The zero-order chi connectivity index (χ0) is 11.6. The van der Waals surface area contributed by atoms with E-state index in [1.54, 1.807) is 0 Å². The molecule has 0 spiro atoms. The Hall–Kier alpha value is -0.790. The molecule has 0 aromatic rings.